The first-order valence-corrected chi connectivity index (χ1v) is 8.96. The molecule has 2 amide bonds. The van der Waals surface area contributed by atoms with E-state index in [4.69, 9.17) is 0 Å². The van der Waals surface area contributed by atoms with E-state index in [0.717, 1.165) is 12.8 Å². The van der Waals surface area contributed by atoms with E-state index in [9.17, 15) is 14.4 Å². The average Bonchev–Trinajstić information content (AvgIpc) is 3.15. The number of rotatable bonds is 5. The largest absolute Gasteiger partial charge is 0.349 e. The first kappa shape index (κ1) is 16.5. The molecule has 0 bridgehead atoms. The number of hydrogen-bond donors (Lipinski definition) is 2. The standard InChI is InChI=1S/C16H16N6O3S/c1-21-13-11(6-18-21)16(25)22(8-17-13)7-12(23)20-15-10(4-5-26-15)14(24)19-9-2-3-9/h4-6,8-9H,2-3,7H2,1H3,(H,19,24)(H,20,23). The van der Waals surface area contributed by atoms with E-state index in [2.05, 4.69) is 20.7 Å². The topological polar surface area (TPSA) is 111 Å². The van der Waals surface area contributed by atoms with Gasteiger partial charge in [0.15, 0.2) is 5.65 Å². The van der Waals surface area contributed by atoms with Crippen molar-refractivity contribution in [1.29, 1.82) is 0 Å². The van der Waals surface area contributed by atoms with Gasteiger partial charge in [0, 0.05) is 13.1 Å². The molecule has 0 aromatic carbocycles. The molecule has 9 nitrogen and oxygen atoms in total. The number of aromatic nitrogens is 4. The Kier molecular flexibility index (Phi) is 4.03. The van der Waals surface area contributed by atoms with Crippen LogP contribution in [0.2, 0.25) is 0 Å². The summed E-state index contributed by atoms with van der Waals surface area (Å²) in [5.74, 6) is -0.597. The maximum Gasteiger partial charge on any atom is 0.264 e. The van der Waals surface area contributed by atoms with E-state index >= 15 is 0 Å². The van der Waals surface area contributed by atoms with Gasteiger partial charge >= 0.3 is 0 Å². The van der Waals surface area contributed by atoms with Crippen LogP contribution in [-0.4, -0.2) is 37.2 Å². The highest BCUT2D eigenvalue weighted by molar-refractivity contribution is 7.14. The third kappa shape index (κ3) is 3.10. The van der Waals surface area contributed by atoms with Gasteiger partial charge in [0.05, 0.1) is 11.8 Å². The summed E-state index contributed by atoms with van der Waals surface area (Å²) < 4.78 is 2.72. The summed E-state index contributed by atoms with van der Waals surface area (Å²) in [6, 6.07) is 1.91. The molecule has 4 rings (SSSR count). The first-order chi connectivity index (χ1) is 12.5. The Bertz CT molecular complexity index is 1060. The van der Waals surface area contributed by atoms with Crippen molar-refractivity contribution < 1.29 is 9.59 Å². The highest BCUT2D eigenvalue weighted by atomic mass is 32.1. The van der Waals surface area contributed by atoms with Crippen LogP contribution in [0.4, 0.5) is 5.00 Å². The second-order valence-electron chi connectivity index (χ2n) is 6.14. The molecule has 1 saturated carbocycles. The summed E-state index contributed by atoms with van der Waals surface area (Å²) in [4.78, 5) is 41.1. The van der Waals surface area contributed by atoms with E-state index in [1.54, 1.807) is 18.5 Å². The first-order valence-electron chi connectivity index (χ1n) is 8.08. The minimum absolute atomic E-state index is 0.195. The molecule has 0 aliphatic heterocycles. The number of aryl methyl sites for hydroxylation is 1. The fraction of sp³-hybridized carbons (Fsp3) is 0.312. The summed E-state index contributed by atoms with van der Waals surface area (Å²) >= 11 is 1.27. The van der Waals surface area contributed by atoms with Crippen molar-refractivity contribution in [2.24, 2.45) is 7.05 Å². The lowest BCUT2D eigenvalue weighted by Gasteiger charge is -2.08. The minimum atomic E-state index is -0.403. The molecule has 1 aliphatic rings. The Labute approximate surface area is 151 Å². The molecule has 3 aromatic rings. The number of hydrogen-bond acceptors (Lipinski definition) is 6. The molecule has 10 heteroatoms. The molecule has 0 spiro atoms. The van der Waals surface area contributed by atoms with Crippen molar-refractivity contribution in [2.45, 2.75) is 25.4 Å². The molecule has 1 aliphatic carbocycles. The fourth-order valence-corrected chi connectivity index (χ4v) is 3.38. The van der Waals surface area contributed by atoms with Gasteiger partial charge in [-0.15, -0.1) is 11.3 Å². The van der Waals surface area contributed by atoms with E-state index in [0.29, 0.717) is 21.6 Å². The highest BCUT2D eigenvalue weighted by Gasteiger charge is 2.25. The fourth-order valence-electron chi connectivity index (χ4n) is 2.58. The summed E-state index contributed by atoms with van der Waals surface area (Å²) in [6.07, 6.45) is 4.73. The lowest BCUT2D eigenvalue weighted by Crippen LogP contribution is -2.29. The number of fused-ring (bicyclic) bond motifs is 1. The van der Waals surface area contributed by atoms with E-state index in [1.807, 2.05) is 0 Å². The predicted molar refractivity (Wildman–Crippen MR) is 96.2 cm³/mol. The van der Waals surface area contributed by atoms with E-state index < -0.39 is 5.91 Å². The van der Waals surface area contributed by atoms with Gasteiger partial charge in [-0.1, -0.05) is 0 Å². The Morgan fingerprint density at radius 2 is 2.19 bits per heavy atom. The molecule has 3 heterocycles. The third-order valence-corrected chi connectivity index (χ3v) is 4.94. The molecule has 1 fully saturated rings. The Hall–Kier alpha value is -3.01. The van der Waals surface area contributed by atoms with Gasteiger partial charge in [-0.3, -0.25) is 23.6 Å². The molecule has 0 unspecified atom stereocenters. The number of nitrogens with one attached hydrogen (secondary N) is 2. The molecule has 0 atom stereocenters. The summed E-state index contributed by atoms with van der Waals surface area (Å²) in [5.41, 5.74) is 0.559. The second-order valence-corrected chi connectivity index (χ2v) is 7.06. The maximum atomic E-state index is 12.4. The molecule has 3 aromatic heterocycles. The lowest BCUT2D eigenvalue weighted by molar-refractivity contribution is -0.116. The van der Waals surface area contributed by atoms with Gasteiger partial charge < -0.3 is 10.6 Å². The van der Waals surface area contributed by atoms with Gasteiger partial charge in [-0.05, 0) is 24.3 Å². The second kappa shape index (κ2) is 6.37. The van der Waals surface area contributed by atoms with Gasteiger partial charge in [0.2, 0.25) is 5.91 Å². The molecule has 0 radical (unpaired) electrons. The van der Waals surface area contributed by atoms with Crippen molar-refractivity contribution in [3.63, 3.8) is 0 Å². The third-order valence-electron chi connectivity index (χ3n) is 4.11. The number of anilines is 1. The van der Waals surface area contributed by atoms with Crippen LogP contribution in [0.5, 0.6) is 0 Å². The van der Waals surface area contributed by atoms with Crippen molar-refractivity contribution >= 4 is 39.2 Å². The van der Waals surface area contributed by atoms with Gasteiger partial charge in [0.1, 0.15) is 23.3 Å². The van der Waals surface area contributed by atoms with E-state index in [1.165, 1.54) is 33.1 Å². The summed E-state index contributed by atoms with van der Waals surface area (Å²) in [7, 11) is 1.69. The van der Waals surface area contributed by atoms with Crippen molar-refractivity contribution in [2.75, 3.05) is 5.32 Å². The van der Waals surface area contributed by atoms with Crippen molar-refractivity contribution in [3.05, 3.63) is 39.9 Å². The SMILES string of the molecule is Cn1ncc2c(=O)n(CC(=O)Nc3sccc3C(=O)NC3CC3)cnc21. The quantitative estimate of drug-likeness (QED) is 0.686. The van der Waals surface area contributed by atoms with Gasteiger partial charge in [-0.25, -0.2) is 4.98 Å². The number of nitrogens with zero attached hydrogens (tertiary/aromatic N) is 4. The van der Waals surface area contributed by atoms with Gasteiger partial charge in [-0.2, -0.15) is 5.10 Å². The number of thiophene rings is 1. The van der Waals surface area contributed by atoms with E-state index in [-0.39, 0.29) is 24.1 Å². The van der Waals surface area contributed by atoms with Crippen molar-refractivity contribution in [3.8, 4) is 0 Å². The van der Waals surface area contributed by atoms with Crippen LogP contribution < -0.4 is 16.2 Å². The predicted octanol–water partition coefficient (Wildman–Crippen LogP) is 0.722. The average molecular weight is 372 g/mol. The Balaban J connectivity index is 1.49. The van der Waals surface area contributed by atoms with Gasteiger partial charge in [0.25, 0.3) is 11.5 Å². The maximum absolute atomic E-state index is 12.4. The molecule has 26 heavy (non-hydrogen) atoms. The molecular formula is C16H16N6O3S. The smallest absolute Gasteiger partial charge is 0.264 e. The zero-order valence-electron chi connectivity index (χ0n) is 13.9. The Morgan fingerprint density at radius 1 is 1.38 bits per heavy atom. The van der Waals surface area contributed by atoms with Crippen LogP contribution in [0.25, 0.3) is 11.0 Å². The molecule has 0 saturated heterocycles. The van der Waals surface area contributed by atoms with Crippen LogP contribution in [0.15, 0.2) is 28.8 Å². The van der Waals surface area contributed by atoms with Crippen LogP contribution in [0.3, 0.4) is 0 Å². The van der Waals surface area contributed by atoms with Crippen LogP contribution in [0.1, 0.15) is 23.2 Å². The van der Waals surface area contributed by atoms with Crippen molar-refractivity contribution in [1.82, 2.24) is 24.6 Å². The lowest BCUT2D eigenvalue weighted by atomic mass is 10.3. The number of carbonyl (C=O) groups is 2. The zero-order chi connectivity index (χ0) is 18.3. The summed E-state index contributed by atoms with van der Waals surface area (Å²) in [6.45, 7) is -0.196. The molecule has 2 N–H and O–H groups in total. The normalized spacial score (nSPS) is 13.7. The monoisotopic (exact) mass is 372 g/mol. The molecule has 134 valence electrons. The number of amides is 2. The zero-order valence-corrected chi connectivity index (χ0v) is 14.7. The number of carbonyl (C=O) groups excluding carboxylic acids is 2. The Morgan fingerprint density at radius 3 is 2.96 bits per heavy atom. The van der Waals surface area contributed by atoms with Crippen LogP contribution in [0, 0.1) is 0 Å². The minimum Gasteiger partial charge on any atom is -0.349 e. The highest BCUT2D eigenvalue weighted by Crippen LogP contribution is 2.25. The summed E-state index contributed by atoms with van der Waals surface area (Å²) in [5, 5.41) is 12.2. The van der Waals surface area contributed by atoms with Crippen LogP contribution in [-0.2, 0) is 18.4 Å². The molecular weight excluding hydrogens is 356 g/mol. The van der Waals surface area contributed by atoms with Crippen LogP contribution >= 0.6 is 11.3 Å².